The van der Waals surface area contributed by atoms with Crippen molar-refractivity contribution in [2.24, 2.45) is 0 Å². The Hall–Kier alpha value is -1.70. The number of imidazole rings is 1. The first-order valence-electron chi connectivity index (χ1n) is 4.95. The van der Waals surface area contributed by atoms with Crippen molar-refractivity contribution in [3.05, 3.63) is 50.7 Å². The summed E-state index contributed by atoms with van der Waals surface area (Å²) in [5.41, 5.74) is 1.23. The van der Waals surface area contributed by atoms with E-state index in [9.17, 15) is 4.79 Å². The summed E-state index contributed by atoms with van der Waals surface area (Å²) < 4.78 is 2.21. The second-order valence-corrected chi connectivity index (χ2v) is 4.49. The fourth-order valence-electron chi connectivity index (χ4n) is 1.68. The predicted octanol–water partition coefficient (Wildman–Crippen LogP) is 1.69. The maximum Gasteiger partial charge on any atom is 0.277 e. The van der Waals surface area contributed by atoms with E-state index in [4.69, 9.17) is 0 Å². The summed E-state index contributed by atoms with van der Waals surface area (Å²) in [5, 5.41) is 4.13. The zero-order chi connectivity index (χ0) is 11.8. The molecule has 0 aliphatic rings. The summed E-state index contributed by atoms with van der Waals surface area (Å²) in [7, 11) is 0. The van der Waals surface area contributed by atoms with Gasteiger partial charge in [-0.2, -0.15) is 5.10 Å². The first-order valence-corrected chi connectivity index (χ1v) is 6.02. The van der Waals surface area contributed by atoms with Gasteiger partial charge in [-0.1, -0.05) is 30.3 Å². The average Bonchev–Trinajstić information content (AvgIpc) is 2.69. The molecule has 5 nitrogen and oxygen atoms in total. The molecule has 0 bridgehead atoms. The zero-order valence-corrected chi connectivity index (χ0v) is 10.7. The Balaban J connectivity index is 2.40. The second-order valence-electron chi connectivity index (χ2n) is 3.47. The van der Waals surface area contributed by atoms with E-state index in [0.717, 1.165) is 5.56 Å². The van der Waals surface area contributed by atoms with Crippen LogP contribution in [0.15, 0.2) is 41.5 Å². The van der Waals surface area contributed by atoms with E-state index >= 15 is 0 Å². The van der Waals surface area contributed by atoms with Crippen LogP contribution >= 0.6 is 22.6 Å². The molecule has 0 radical (unpaired) electrons. The van der Waals surface area contributed by atoms with Crippen molar-refractivity contribution < 1.29 is 0 Å². The Morgan fingerprint density at radius 1 is 1.24 bits per heavy atom. The molecule has 0 spiro atoms. The third kappa shape index (κ3) is 1.64. The highest BCUT2D eigenvalue weighted by Gasteiger charge is 2.13. The Bertz CT molecular complexity index is 732. The van der Waals surface area contributed by atoms with Gasteiger partial charge in [0.25, 0.3) is 5.56 Å². The van der Waals surface area contributed by atoms with E-state index in [2.05, 4.69) is 15.1 Å². The van der Waals surface area contributed by atoms with Crippen LogP contribution in [0.4, 0.5) is 0 Å². The molecule has 0 saturated heterocycles. The molecule has 0 fully saturated rings. The van der Waals surface area contributed by atoms with Gasteiger partial charge in [-0.3, -0.25) is 4.79 Å². The molecule has 0 atom stereocenters. The molecule has 84 valence electrons. The van der Waals surface area contributed by atoms with E-state index in [-0.39, 0.29) is 5.56 Å². The minimum atomic E-state index is -0.181. The number of hydrogen-bond donors (Lipinski definition) is 1. The van der Waals surface area contributed by atoms with Crippen molar-refractivity contribution in [1.29, 1.82) is 0 Å². The lowest BCUT2D eigenvalue weighted by molar-refractivity contribution is 0.887. The number of fused-ring (bicyclic) bond motifs is 1. The van der Waals surface area contributed by atoms with Gasteiger partial charge < -0.3 is 4.98 Å². The fraction of sp³-hybridized carbons (Fsp3) is 0. The smallest absolute Gasteiger partial charge is 0.277 e. The van der Waals surface area contributed by atoms with Gasteiger partial charge in [0.15, 0.2) is 11.3 Å². The first-order chi connectivity index (χ1) is 8.27. The van der Waals surface area contributed by atoms with Crippen LogP contribution in [0.3, 0.4) is 0 Å². The van der Waals surface area contributed by atoms with Gasteiger partial charge in [0.2, 0.25) is 0 Å². The first kappa shape index (κ1) is 10.5. The molecule has 2 aromatic heterocycles. The van der Waals surface area contributed by atoms with Crippen LogP contribution in [0.1, 0.15) is 0 Å². The molecule has 1 N–H and O–H groups in total. The zero-order valence-electron chi connectivity index (χ0n) is 8.59. The molecule has 0 aliphatic carbocycles. The van der Waals surface area contributed by atoms with E-state index in [1.165, 1.54) is 6.33 Å². The van der Waals surface area contributed by atoms with Crippen molar-refractivity contribution in [2.45, 2.75) is 0 Å². The van der Waals surface area contributed by atoms with Crippen LogP contribution < -0.4 is 5.56 Å². The molecular weight excluding hydrogens is 331 g/mol. The van der Waals surface area contributed by atoms with Crippen molar-refractivity contribution in [3.63, 3.8) is 0 Å². The molecule has 0 unspecified atom stereocenters. The molecule has 0 saturated carbocycles. The SMILES string of the molecule is O=c1[nH]cnn2c(-c3ccccc3)nc(I)c12. The van der Waals surface area contributed by atoms with Crippen molar-refractivity contribution in [3.8, 4) is 11.4 Å². The topological polar surface area (TPSA) is 63.0 Å². The summed E-state index contributed by atoms with van der Waals surface area (Å²) in [6, 6.07) is 9.67. The molecular formula is C11H7IN4O. The van der Waals surface area contributed by atoms with Gasteiger partial charge in [0.1, 0.15) is 10.0 Å². The molecule has 6 heteroatoms. The maximum atomic E-state index is 11.7. The molecule has 17 heavy (non-hydrogen) atoms. The number of nitrogens with one attached hydrogen (secondary N) is 1. The van der Waals surface area contributed by atoms with Gasteiger partial charge in [-0.15, -0.1) is 0 Å². The minimum absolute atomic E-state index is 0.181. The lowest BCUT2D eigenvalue weighted by atomic mass is 10.2. The quantitative estimate of drug-likeness (QED) is 0.687. The number of nitrogens with zero attached hydrogens (tertiary/aromatic N) is 3. The summed E-state index contributed by atoms with van der Waals surface area (Å²) >= 11 is 2.04. The van der Waals surface area contributed by atoms with Crippen LogP contribution in [0.2, 0.25) is 0 Å². The maximum absolute atomic E-state index is 11.7. The highest BCUT2D eigenvalue weighted by molar-refractivity contribution is 14.1. The lowest BCUT2D eigenvalue weighted by Gasteiger charge is -1.98. The highest BCUT2D eigenvalue weighted by atomic mass is 127. The normalized spacial score (nSPS) is 10.9. The Morgan fingerprint density at radius 2 is 2.00 bits per heavy atom. The predicted molar refractivity (Wildman–Crippen MR) is 71.8 cm³/mol. The third-order valence-electron chi connectivity index (χ3n) is 2.43. The number of H-pyrrole nitrogens is 1. The monoisotopic (exact) mass is 338 g/mol. The number of aromatic amines is 1. The van der Waals surface area contributed by atoms with Crippen LogP contribution in [-0.2, 0) is 0 Å². The van der Waals surface area contributed by atoms with Crippen LogP contribution in [-0.4, -0.2) is 19.6 Å². The highest BCUT2D eigenvalue weighted by Crippen LogP contribution is 2.20. The van der Waals surface area contributed by atoms with Crippen molar-refractivity contribution in [2.75, 3.05) is 0 Å². The Morgan fingerprint density at radius 3 is 2.76 bits per heavy atom. The number of halogens is 1. The molecule has 0 aliphatic heterocycles. The van der Waals surface area contributed by atoms with Crippen LogP contribution in [0.25, 0.3) is 16.9 Å². The van der Waals surface area contributed by atoms with Gasteiger partial charge in [-0.05, 0) is 22.6 Å². The van der Waals surface area contributed by atoms with Crippen molar-refractivity contribution in [1.82, 2.24) is 19.6 Å². The van der Waals surface area contributed by atoms with E-state index in [0.29, 0.717) is 15.0 Å². The van der Waals surface area contributed by atoms with Gasteiger partial charge in [0.05, 0.1) is 0 Å². The standard InChI is InChI=1S/C11H7IN4O/c12-9-8-11(17)13-6-14-16(8)10(15-9)7-4-2-1-3-5-7/h1-6H,(H,13,14,17). The third-order valence-corrected chi connectivity index (χ3v) is 3.18. The number of benzene rings is 1. The van der Waals surface area contributed by atoms with E-state index < -0.39 is 0 Å². The Labute approximate surface area is 110 Å². The molecule has 3 rings (SSSR count). The minimum Gasteiger partial charge on any atom is -0.310 e. The Kier molecular flexibility index (Phi) is 2.43. The number of aromatic nitrogens is 4. The number of rotatable bonds is 1. The van der Waals surface area contributed by atoms with Crippen molar-refractivity contribution >= 4 is 28.1 Å². The van der Waals surface area contributed by atoms with Crippen LogP contribution in [0.5, 0.6) is 0 Å². The van der Waals surface area contributed by atoms with E-state index in [1.807, 2.05) is 52.9 Å². The number of hydrogen-bond acceptors (Lipinski definition) is 3. The molecule has 0 amide bonds. The molecule has 1 aromatic carbocycles. The van der Waals surface area contributed by atoms with Gasteiger partial charge >= 0.3 is 0 Å². The van der Waals surface area contributed by atoms with E-state index in [1.54, 1.807) is 4.52 Å². The van der Waals surface area contributed by atoms with Gasteiger partial charge in [-0.25, -0.2) is 9.50 Å². The summed E-state index contributed by atoms with van der Waals surface area (Å²) in [5.74, 6) is 0.677. The fourth-order valence-corrected chi connectivity index (χ4v) is 2.38. The second kappa shape index (κ2) is 3.95. The molecule has 2 heterocycles. The lowest BCUT2D eigenvalue weighted by Crippen LogP contribution is -2.11. The molecule has 3 aromatic rings. The largest absolute Gasteiger partial charge is 0.310 e. The summed E-state index contributed by atoms with van der Waals surface area (Å²) in [6.07, 6.45) is 1.37. The van der Waals surface area contributed by atoms with Gasteiger partial charge in [0, 0.05) is 5.56 Å². The average molecular weight is 338 g/mol. The van der Waals surface area contributed by atoms with Crippen LogP contribution in [0, 0.1) is 3.70 Å². The summed E-state index contributed by atoms with van der Waals surface area (Å²) in [4.78, 5) is 18.6. The summed E-state index contributed by atoms with van der Waals surface area (Å²) in [6.45, 7) is 0.